The van der Waals surface area contributed by atoms with Crippen molar-refractivity contribution in [3.8, 4) is 5.75 Å². The minimum atomic E-state index is -4.79. The zero-order chi connectivity index (χ0) is 16.7. The zero-order valence-electron chi connectivity index (χ0n) is 12.3. The average molecular weight is 325 g/mol. The molecule has 22 heavy (non-hydrogen) atoms. The first-order chi connectivity index (χ1) is 10.2. The van der Waals surface area contributed by atoms with Crippen LogP contribution >= 0.6 is 0 Å². The van der Waals surface area contributed by atoms with Gasteiger partial charge in [0.1, 0.15) is 11.7 Å². The second kappa shape index (κ2) is 5.62. The summed E-state index contributed by atoms with van der Waals surface area (Å²) in [5.41, 5.74) is 1.25. The molecule has 8 heteroatoms. The lowest BCUT2D eigenvalue weighted by Gasteiger charge is -2.23. The summed E-state index contributed by atoms with van der Waals surface area (Å²) in [7, 11) is -4.79. The molecule has 0 radical (unpaired) electrons. The molecule has 0 spiro atoms. The van der Waals surface area contributed by atoms with Gasteiger partial charge in [-0.25, -0.2) is 0 Å². The van der Waals surface area contributed by atoms with E-state index in [1.54, 1.807) is 13.0 Å². The fraction of sp³-hybridized carbons (Fsp3) is 0.357. The number of hydrogen-bond acceptors (Lipinski definition) is 6. The molecule has 0 saturated heterocycles. The van der Waals surface area contributed by atoms with Crippen LogP contribution in [-0.2, 0) is 21.6 Å². The molecule has 0 aromatic heterocycles. The van der Waals surface area contributed by atoms with E-state index in [1.807, 2.05) is 6.92 Å². The third-order valence-corrected chi connectivity index (χ3v) is 3.81. The van der Waals surface area contributed by atoms with Crippen LogP contribution in [0.2, 0.25) is 0 Å². The van der Waals surface area contributed by atoms with Gasteiger partial charge in [-0.05, 0) is 31.9 Å². The number of aliphatic imine (C=N–C) groups is 1. The molecule has 2 rings (SSSR count). The summed E-state index contributed by atoms with van der Waals surface area (Å²) in [6, 6.07) is 2.84. The SMILES string of the molecule is CCc1ccc(OS(=O)(=O)O)c2c1N=C(C)C(C(C)=O)C2=O. The number of ketones is 2. The van der Waals surface area contributed by atoms with Gasteiger partial charge in [0, 0.05) is 5.71 Å². The van der Waals surface area contributed by atoms with E-state index < -0.39 is 27.9 Å². The van der Waals surface area contributed by atoms with E-state index in [0.717, 1.165) is 0 Å². The van der Waals surface area contributed by atoms with Gasteiger partial charge in [-0.2, -0.15) is 8.42 Å². The molecular formula is C14H15NO6S. The molecule has 1 aromatic rings. The van der Waals surface area contributed by atoms with E-state index in [4.69, 9.17) is 4.55 Å². The minimum Gasteiger partial charge on any atom is -0.361 e. The van der Waals surface area contributed by atoms with Crippen LogP contribution in [0, 0.1) is 5.92 Å². The topological polar surface area (TPSA) is 110 Å². The molecule has 1 atom stereocenters. The number of aryl methyl sites for hydroxylation is 1. The Balaban J connectivity index is 2.74. The predicted octanol–water partition coefficient (Wildman–Crippen LogP) is 1.92. The molecule has 0 fully saturated rings. The van der Waals surface area contributed by atoms with Crippen molar-refractivity contribution in [1.29, 1.82) is 0 Å². The van der Waals surface area contributed by atoms with Gasteiger partial charge in [0.25, 0.3) is 0 Å². The Labute approximate surface area is 128 Å². The number of Topliss-reactive ketones (excluding diaryl/α,β-unsaturated/α-hetero) is 2. The van der Waals surface area contributed by atoms with E-state index in [9.17, 15) is 18.0 Å². The van der Waals surface area contributed by atoms with E-state index >= 15 is 0 Å². The number of hydrogen-bond donors (Lipinski definition) is 1. The molecule has 1 aromatic carbocycles. The fourth-order valence-electron chi connectivity index (χ4n) is 2.50. The maximum atomic E-state index is 12.6. The van der Waals surface area contributed by atoms with Crippen molar-refractivity contribution in [2.75, 3.05) is 0 Å². The Morgan fingerprint density at radius 2 is 2.05 bits per heavy atom. The molecule has 7 nitrogen and oxygen atoms in total. The summed E-state index contributed by atoms with van der Waals surface area (Å²) in [6.07, 6.45) is 0.559. The smallest absolute Gasteiger partial charge is 0.361 e. The van der Waals surface area contributed by atoms with Gasteiger partial charge in [0.2, 0.25) is 0 Å². The first-order valence-electron chi connectivity index (χ1n) is 6.58. The first-order valence-corrected chi connectivity index (χ1v) is 7.94. The van der Waals surface area contributed by atoms with Crippen LogP contribution in [0.25, 0.3) is 0 Å². The molecule has 1 N–H and O–H groups in total. The molecular weight excluding hydrogens is 310 g/mol. The molecule has 1 aliphatic rings. The van der Waals surface area contributed by atoms with Gasteiger partial charge >= 0.3 is 10.4 Å². The number of fused-ring (bicyclic) bond motifs is 1. The van der Waals surface area contributed by atoms with Crippen molar-refractivity contribution >= 4 is 33.4 Å². The molecule has 1 heterocycles. The van der Waals surface area contributed by atoms with Crippen LogP contribution in [-0.4, -0.2) is 30.2 Å². The third kappa shape index (κ3) is 2.93. The quantitative estimate of drug-likeness (QED) is 0.669. The third-order valence-electron chi connectivity index (χ3n) is 3.42. The van der Waals surface area contributed by atoms with E-state index in [-0.39, 0.29) is 17.0 Å². The summed E-state index contributed by atoms with van der Waals surface area (Å²) in [5.74, 6) is -2.37. The van der Waals surface area contributed by atoms with Crippen LogP contribution in [0.15, 0.2) is 17.1 Å². The van der Waals surface area contributed by atoms with Gasteiger partial charge in [0.05, 0.1) is 11.3 Å². The van der Waals surface area contributed by atoms with Crippen molar-refractivity contribution < 1.29 is 26.7 Å². The summed E-state index contributed by atoms with van der Waals surface area (Å²) >= 11 is 0. The second-order valence-corrected chi connectivity index (χ2v) is 5.99. The molecule has 1 unspecified atom stereocenters. The van der Waals surface area contributed by atoms with E-state index in [2.05, 4.69) is 9.18 Å². The Morgan fingerprint density at radius 3 is 2.55 bits per heavy atom. The summed E-state index contributed by atoms with van der Waals surface area (Å²) in [6.45, 7) is 4.69. The first kappa shape index (κ1) is 16.3. The van der Waals surface area contributed by atoms with Crippen LogP contribution in [0.3, 0.4) is 0 Å². The number of rotatable bonds is 4. The van der Waals surface area contributed by atoms with Crippen molar-refractivity contribution in [2.45, 2.75) is 27.2 Å². The molecule has 118 valence electrons. The summed E-state index contributed by atoms with van der Waals surface area (Å²) < 4.78 is 35.2. The van der Waals surface area contributed by atoms with Crippen LogP contribution < -0.4 is 4.18 Å². The monoisotopic (exact) mass is 325 g/mol. The molecule has 0 amide bonds. The Hall–Kier alpha value is -2.06. The highest BCUT2D eigenvalue weighted by atomic mass is 32.3. The highest BCUT2D eigenvalue weighted by Crippen LogP contribution is 2.39. The standard InChI is InChI=1S/C14H15NO6S/c1-4-9-5-6-10(21-22(18,19)20)12-13(9)15-7(2)11(8(3)16)14(12)17/h5-6,11H,4H2,1-3H3,(H,18,19,20). The van der Waals surface area contributed by atoms with Crippen molar-refractivity contribution in [3.63, 3.8) is 0 Å². The lowest BCUT2D eigenvalue weighted by atomic mass is 9.85. The largest absolute Gasteiger partial charge is 0.446 e. The van der Waals surface area contributed by atoms with Gasteiger partial charge < -0.3 is 4.18 Å². The maximum absolute atomic E-state index is 12.6. The summed E-state index contributed by atoms with van der Waals surface area (Å²) in [4.78, 5) is 28.5. The van der Waals surface area contributed by atoms with Crippen LogP contribution in [0.5, 0.6) is 5.75 Å². The molecule has 1 aliphatic heterocycles. The number of carbonyl (C=O) groups excluding carboxylic acids is 2. The van der Waals surface area contributed by atoms with Crippen molar-refractivity contribution in [1.82, 2.24) is 0 Å². The Bertz CT molecular complexity index is 794. The lowest BCUT2D eigenvalue weighted by Crippen LogP contribution is -2.32. The average Bonchev–Trinajstić information content (AvgIpc) is 2.36. The number of benzene rings is 1. The van der Waals surface area contributed by atoms with Crippen molar-refractivity contribution in [3.05, 3.63) is 23.3 Å². The normalized spacial score (nSPS) is 17.7. The molecule has 0 saturated carbocycles. The van der Waals surface area contributed by atoms with Crippen LogP contribution in [0.4, 0.5) is 5.69 Å². The van der Waals surface area contributed by atoms with Gasteiger partial charge in [-0.1, -0.05) is 13.0 Å². The zero-order valence-corrected chi connectivity index (χ0v) is 13.1. The Morgan fingerprint density at radius 1 is 1.41 bits per heavy atom. The summed E-state index contributed by atoms with van der Waals surface area (Å²) in [5, 5.41) is 0. The second-order valence-electron chi connectivity index (χ2n) is 4.97. The van der Waals surface area contributed by atoms with Gasteiger partial charge in [-0.3, -0.25) is 19.1 Å². The minimum absolute atomic E-state index is 0.0947. The molecule has 0 aliphatic carbocycles. The molecule has 0 bridgehead atoms. The lowest BCUT2D eigenvalue weighted by molar-refractivity contribution is -0.117. The number of carbonyl (C=O) groups is 2. The highest BCUT2D eigenvalue weighted by molar-refractivity contribution is 7.81. The van der Waals surface area contributed by atoms with Gasteiger partial charge in [-0.15, -0.1) is 0 Å². The fourth-order valence-corrected chi connectivity index (χ4v) is 2.87. The van der Waals surface area contributed by atoms with E-state index in [1.165, 1.54) is 13.0 Å². The van der Waals surface area contributed by atoms with E-state index in [0.29, 0.717) is 17.7 Å². The maximum Gasteiger partial charge on any atom is 0.446 e. The Kier molecular flexibility index (Phi) is 4.17. The number of nitrogens with zero attached hydrogens (tertiary/aromatic N) is 1. The van der Waals surface area contributed by atoms with Gasteiger partial charge in [0.15, 0.2) is 11.5 Å². The van der Waals surface area contributed by atoms with Crippen molar-refractivity contribution in [2.24, 2.45) is 10.9 Å². The highest BCUT2D eigenvalue weighted by Gasteiger charge is 2.36. The van der Waals surface area contributed by atoms with Crippen LogP contribution in [0.1, 0.15) is 36.7 Å². The predicted molar refractivity (Wildman–Crippen MR) is 79.3 cm³/mol.